The van der Waals surface area contributed by atoms with Crippen molar-refractivity contribution in [3.8, 4) is 0 Å². The van der Waals surface area contributed by atoms with Gasteiger partial charge in [0.15, 0.2) is 0 Å². The van der Waals surface area contributed by atoms with Crippen LogP contribution >= 0.6 is 0 Å². The summed E-state index contributed by atoms with van der Waals surface area (Å²) in [5, 5.41) is 9.22. The highest BCUT2D eigenvalue weighted by molar-refractivity contribution is 5.86. The number of rotatable bonds is 3. The molecular weight excluding hydrogens is 247 g/mol. The van der Waals surface area contributed by atoms with Gasteiger partial charge in [-0.1, -0.05) is 19.9 Å². The van der Waals surface area contributed by atoms with Gasteiger partial charge in [0, 0.05) is 23.0 Å². The summed E-state index contributed by atoms with van der Waals surface area (Å²) in [6.45, 7) is 5.78. The van der Waals surface area contributed by atoms with Crippen molar-refractivity contribution in [2.24, 2.45) is 5.73 Å². The molecule has 1 atom stereocenters. The first-order valence-corrected chi connectivity index (χ1v) is 6.24. The second kappa shape index (κ2) is 6.33. The molecule has 0 aliphatic rings. The standard InChI is InChI=1S/C12H13FN2O2.C2H6/c1-6-7(5-9(14)12(16)17)11-8(13)3-2-4-10(11)15-6;1-2/h2-4,9,15H,5,14H2,1H3,(H,16,17);1-2H3. The highest BCUT2D eigenvalue weighted by atomic mass is 19.1. The molecule has 1 heterocycles. The van der Waals surface area contributed by atoms with Crippen LogP contribution < -0.4 is 5.73 Å². The largest absolute Gasteiger partial charge is 0.480 e. The van der Waals surface area contributed by atoms with Gasteiger partial charge in [0.1, 0.15) is 11.9 Å². The van der Waals surface area contributed by atoms with E-state index >= 15 is 0 Å². The van der Waals surface area contributed by atoms with Crippen molar-refractivity contribution in [2.45, 2.75) is 33.2 Å². The Balaban J connectivity index is 0.000000861. The lowest BCUT2D eigenvalue weighted by atomic mass is 10.0. The molecule has 19 heavy (non-hydrogen) atoms. The third-order valence-electron chi connectivity index (χ3n) is 2.83. The van der Waals surface area contributed by atoms with Gasteiger partial charge in [-0.15, -0.1) is 0 Å². The molecule has 0 amide bonds. The van der Waals surface area contributed by atoms with E-state index in [2.05, 4.69) is 4.98 Å². The lowest BCUT2D eigenvalue weighted by molar-refractivity contribution is -0.138. The monoisotopic (exact) mass is 266 g/mol. The van der Waals surface area contributed by atoms with Gasteiger partial charge in [-0.05, 0) is 24.6 Å². The quantitative estimate of drug-likeness (QED) is 0.799. The minimum absolute atomic E-state index is 0.113. The van der Waals surface area contributed by atoms with E-state index in [-0.39, 0.29) is 12.2 Å². The van der Waals surface area contributed by atoms with Crippen molar-refractivity contribution < 1.29 is 14.3 Å². The Bertz CT molecular complexity index is 578. The summed E-state index contributed by atoms with van der Waals surface area (Å²) in [7, 11) is 0. The maximum atomic E-state index is 13.7. The third kappa shape index (κ3) is 3.12. The smallest absolute Gasteiger partial charge is 0.320 e. The van der Waals surface area contributed by atoms with Crippen molar-refractivity contribution in [1.82, 2.24) is 4.98 Å². The average molecular weight is 266 g/mol. The zero-order chi connectivity index (χ0) is 14.6. The number of fused-ring (bicyclic) bond motifs is 1. The summed E-state index contributed by atoms with van der Waals surface area (Å²) in [5.74, 6) is -1.45. The van der Waals surface area contributed by atoms with E-state index in [1.54, 1.807) is 19.1 Å². The van der Waals surface area contributed by atoms with E-state index in [1.165, 1.54) is 6.07 Å². The molecule has 0 aliphatic heterocycles. The predicted octanol–water partition coefficient (Wildman–Crippen LogP) is 2.60. The molecule has 1 unspecified atom stereocenters. The Morgan fingerprint density at radius 1 is 1.47 bits per heavy atom. The number of benzene rings is 1. The Hall–Kier alpha value is -1.88. The van der Waals surface area contributed by atoms with E-state index in [0.29, 0.717) is 16.5 Å². The first kappa shape index (κ1) is 15.2. The van der Waals surface area contributed by atoms with Gasteiger partial charge in [0.05, 0.1) is 0 Å². The number of aromatic nitrogens is 1. The van der Waals surface area contributed by atoms with Crippen LogP contribution in [0.25, 0.3) is 10.9 Å². The zero-order valence-corrected chi connectivity index (χ0v) is 11.3. The summed E-state index contributed by atoms with van der Waals surface area (Å²) in [4.78, 5) is 13.8. The second-order valence-electron chi connectivity index (χ2n) is 4.04. The first-order valence-electron chi connectivity index (χ1n) is 6.24. The number of carboxylic acids is 1. The van der Waals surface area contributed by atoms with Gasteiger partial charge in [0.25, 0.3) is 0 Å². The molecule has 0 saturated carbocycles. The van der Waals surface area contributed by atoms with Crippen LogP contribution in [0.5, 0.6) is 0 Å². The molecule has 1 aromatic heterocycles. The van der Waals surface area contributed by atoms with Crippen molar-refractivity contribution in [1.29, 1.82) is 0 Å². The molecule has 5 heteroatoms. The molecule has 2 aromatic rings. The number of carbonyl (C=O) groups is 1. The number of hydrogen-bond donors (Lipinski definition) is 3. The molecule has 0 radical (unpaired) electrons. The van der Waals surface area contributed by atoms with E-state index < -0.39 is 12.0 Å². The van der Waals surface area contributed by atoms with E-state index in [9.17, 15) is 9.18 Å². The minimum atomic E-state index is -1.09. The van der Waals surface area contributed by atoms with Gasteiger partial charge in [0.2, 0.25) is 0 Å². The molecule has 4 N–H and O–H groups in total. The van der Waals surface area contributed by atoms with Gasteiger partial charge in [-0.25, -0.2) is 4.39 Å². The van der Waals surface area contributed by atoms with Crippen LogP contribution in [0, 0.1) is 12.7 Å². The maximum Gasteiger partial charge on any atom is 0.320 e. The van der Waals surface area contributed by atoms with E-state index in [0.717, 1.165) is 5.69 Å². The number of carboxylic acid groups (broad SMARTS) is 1. The Morgan fingerprint density at radius 3 is 2.68 bits per heavy atom. The summed E-state index contributed by atoms with van der Waals surface area (Å²) in [6.07, 6.45) is 0.113. The number of H-pyrrole nitrogens is 1. The molecule has 0 aliphatic carbocycles. The first-order chi connectivity index (χ1) is 9.00. The number of nitrogens with one attached hydrogen (secondary N) is 1. The van der Waals surface area contributed by atoms with Gasteiger partial charge >= 0.3 is 5.97 Å². The molecule has 0 saturated heterocycles. The fourth-order valence-corrected chi connectivity index (χ4v) is 1.96. The lowest BCUT2D eigenvalue weighted by Gasteiger charge is -2.06. The SMILES string of the molecule is CC.Cc1[nH]c2cccc(F)c2c1CC(N)C(=O)O. The minimum Gasteiger partial charge on any atom is -0.480 e. The van der Waals surface area contributed by atoms with E-state index in [1.807, 2.05) is 13.8 Å². The summed E-state index contributed by atoms with van der Waals surface area (Å²) < 4.78 is 13.7. The van der Waals surface area contributed by atoms with Crippen molar-refractivity contribution in [3.05, 3.63) is 35.3 Å². The number of aromatic amines is 1. The maximum absolute atomic E-state index is 13.7. The van der Waals surface area contributed by atoms with E-state index in [4.69, 9.17) is 10.8 Å². The summed E-state index contributed by atoms with van der Waals surface area (Å²) >= 11 is 0. The summed E-state index contributed by atoms with van der Waals surface area (Å²) in [5.41, 5.74) is 7.53. The second-order valence-corrected chi connectivity index (χ2v) is 4.04. The van der Waals surface area contributed by atoms with Crippen LogP contribution in [-0.4, -0.2) is 22.1 Å². The van der Waals surface area contributed by atoms with Crippen LogP contribution in [0.4, 0.5) is 4.39 Å². The number of aliphatic carboxylic acids is 1. The Labute approximate surface area is 111 Å². The molecule has 4 nitrogen and oxygen atoms in total. The highest BCUT2D eigenvalue weighted by Gasteiger charge is 2.18. The Morgan fingerprint density at radius 2 is 2.11 bits per heavy atom. The molecule has 0 spiro atoms. The van der Waals surface area contributed by atoms with Crippen LogP contribution in [0.15, 0.2) is 18.2 Å². The van der Waals surface area contributed by atoms with Crippen molar-refractivity contribution in [3.63, 3.8) is 0 Å². The zero-order valence-electron chi connectivity index (χ0n) is 11.3. The topological polar surface area (TPSA) is 79.1 Å². The normalized spacial score (nSPS) is 11.8. The molecule has 2 rings (SSSR count). The number of nitrogens with two attached hydrogens (primary N) is 1. The lowest BCUT2D eigenvalue weighted by Crippen LogP contribution is -2.32. The van der Waals surface area contributed by atoms with Gasteiger partial charge < -0.3 is 15.8 Å². The number of aryl methyl sites for hydroxylation is 1. The van der Waals surface area contributed by atoms with Gasteiger partial charge in [-0.2, -0.15) is 0 Å². The molecule has 0 fully saturated rings. The van der Waals surface area contributed by atoms with Gasteiger partial charge in [-0.3, -0.25) is 4.79 Å². The summed E-state index contributed by atoms with van der Waals surface area (Å²) in [6, 6.07) is 3.69. The highest BCUT2D eigenvalue weighted by Crippen LogP contribution is 2.25. The molecular formula is C14H19FN2O2. The number of hydrogen-bond acceptors (Lipinski definition) is 2. The number of halogens is 1. The van der Waals surface area contributed by atoms with Crippen LogP contribution in [0.1, 0.15) is 25.1 Å². The molecule has 104 valence electrons. The average Bonchev–Trinajstić information content (AvgIpc) is 2.69. The third-order valence-corrected chi connectivity index (χ3v) is 2.83. The predicted molar refractivity (Wildman–Crippen MR) is 73.7 cm³/mol. The van der Waals surface area contributed by atoms with Crippen LogP contribution in [-0.2, 0) is 11.2 Å². The Kier molecular flexibility index (Phi) is 5.06. The van der Waals surface area contributed by atoms with Crippen molar-refractivity contribution >= 4 is 16.9 Å². The fraction of sp³-hybridized carbons (Fsp3) is 0.357. The van der Waals surface area contributed by atoms with Crippen LogP contribution in [0.2, 0.25) is 0 Å². The molecule has 0 bridgehead atoms. The molecule has 1 aromatic carbocycles. The van der Waals surface area contributed by atoms with Crippen LogP contribution in [0.3, 0.4) is 0 Å². The fourth-order valence-electron chi connectivity index (χ4n) is 1.96. The van der Waals surface area contributed by atoms with Crippen molar-refractivity contribution in [2.75, 3.05) is 0 Å².